The van der Waals surface area contributed by atoms with Gasteiger partial charge in [-0.05, 0) is 11.3 Å². The van der Waals surface area contributed by atoms with E-state index >= 15 is 0 Å². The van der Waals surface area contributed by atoms with Crippen LogP contribution in [0.5, 0.6) is 0 Å². The van der Waals surface area contributed by atoms with Gasteiger partial charge in [0, 0.05) is 0 Å². The van der Waals surface area contributed by atoms with Gasteiger partial charge < -0.3 is 4.74 Å². The zero-order chi connectivity index (χ0) is 13.4. The molecule has 96 valence electrons. The molecule has 0 N–H and O–H groups in total. The van der Waals surface area contributed by atoms with E-state index in [1.165, 1.54) is 34.6 Å². The van der Waals surface area contributed by atoms with Crippen LogP contribution in [0.2, 0.25) is 0 Å². The molecule has 0 saturated carbocycles. The highest BCUT2D eigenvalue weighted by molar-refractivity contribution is 5.79. The Balaban J connectivity index is 5.92. The molecule has 2 nitrogen and oxygen atoms in total. The molecular formula is C11H19F3O2. The normalized spacial score (nSPS) is 17.1. The average Bonchev–Trinajstić information content (AvgIpc) is 1.98. The van der Waals surface area contributed by atoms with Crippen molar-refractivity contribution in [1.82, 2.24) is 0 Å². The summed E-state index contributed by atoms with van der Waals surface area (Å²) in [7, 11) is 0.983. The van der Waals surface area contributed by atoms with E-state index in [0.717, 1.165) is 7.11 Å². The number of hydrogen-bond acceptors (Lipinski definition) is 2. The lowest BCUT2D eigenvalue weighted by atomic mass is 9.60. The number of esters is 1. The van der Waals surface area contributed by atoms with Crippen molar-refractivity contribution in [1.29, 1.82) is 0 Å². The molecule has 0 aromatic carbocycles. The van der Waals surface area contributed by atoms with Crippen molar-refractivity contribution in [2.75, 3.05) is 7.11 Å². The maximum absolute atomic E-state index is 13.3. The summed E-state index contributed by atoms with van der Waals surface area (Å²) in [5, 5.41) is 0. The average molecular weight is 240 g/mol. The smallest absolute Gasteiger partial charge is 0.405 e. The number of rotatable bonds is 2. The van der Waals surface area contributed by atoms with Gasteiger partial charge in [-0.1, -0.05) is 34.6 Å². The highest BCUT2D eigenvalue weighted by Crippen LogP contribution is 2.56. The summed E-state index contributed by atoms with van der Waals surface area (Å²) in [4.78, 5) is 11.6. The molecule has 0 bridgehead atoms. The summed E-state index contributed by atoms with van der Waals surface area (Å²) in [6.07, 6.45) is -4.63. The maximum atomic E-state index is 13.3. The van der Waals surface area contributed by atoms with Gasteiger partial charge in [-0.3, -0.25) is 4.79 Å². The molecule has 0 saturated heterocycles. The molecule has 0 heterocycles. The molecule has 0 rings (SSSR count). The molecule has 1 atom stereocenters. The number of ether oxygens (including phenoxy) is 1. The van der Waals surface area contributed by atoms with Gasteiger partial charge in [0.15, 0.2) is 5.41 Å². The molecule has 5 heteroatoms. The molecule has 16 heavy (non-hydrogen) atoms. The van der Waals surface area contributed by atoms with Crippen LogP contribution in [-0.2, 0) is 9.53 Å². The van der Waals surface area contributed by atoms with Crippen LogP contribution in [0, 0.1) is 16.7 Å². The van der Waals surface area contributed by atoms with Crippen LogP contribution >= 0.6 is 0 Å². The quantitative estimate of drug-likeness (QED) is 0.691. The van der Waals surface area contributed by atoms with Crippen molar-refractivity contribution in [2.45, 2.75) is 40.8 Å². The van der Waals surface area contributed by atoms with Crippen molar-refractivity contribution in [2.24, 2.45) is 16.7 Å². The van der Waals surface area contributed by atoms with E-state index in [4.69, 9.17) is 0 Å². The van der Waals surface area contributed by atoms with Crippen molar-refractivity contribution in [3.05, 3.63) is 0 Å². The molecule has 0 aliphatic carbocycles. The van der Waals surface area contributed by atoms with Gasteiger partial charge in [0.1, 0.15) is 0 Å². The first-order valence-corrected chi connectivity index (χ1v) is 5.08. The first kappa shape index (κ1) is 15.3. The van der Waals surface area contributed by atoms with Crippen LogP contribution in [0.3, 0.4) is 0 Å². The van der Waals surface area contributed by atoms with Crippen molar-refractivity contribution in [3.8, 4) is 0 Å². The van der Waals surface area contributed by atoms with E-state index in [1.54, 1.807) is 0 Å². The standard InChI is InChI=1S/C11H19F3O2/c1-7(2)10(8(15)16-6,9(3,4)5)11(12,13)14/h7H,1-6H3. The summed E-state index contributed by atoms with van der Waals surface area (Å²) >= 11 is 0. The molecule has 0 amide bonds. The summed E-state index contributed by atoms with van der Waals surface area (Å²) in [5.74, 6) is -2.11. The molecule has 1 unspecified atom stereocenters. The lowest BCUT2D eigenvalue weighted by molar-refractivity contribution is -0.273. The zero-order valence-electron chi connectivity index (χ0n) is 10.5. The lowest BCUT2D eigenvalue weighted by Gasteiger charge is -2.46. The van der Waals surface area contributed by atoms with E-state index in [9.17, 15) is 18.0 Å². The molecule has 0 aromatic rings. The van der Waals surface area contributed by atoms with Crippen LogP contribution in [0.15, 0.2) is 0 Å². The van der Waals surface area contributed by atoms with E-state index in [1.807, 2.05) is 0 Å². The van der Waals surface area contributed by atoms with Crippen molar-refractivity contribution < 1.29 is 22.7 Å². The molecule has 0 fully saturated rings. The number of halogens is 3. The topological polar surface area (TPSA) is 26.3 Å². The fourth-order valence-electron chi connectivity index (χ4n) is 2.44. The number of hydrogen-bond donors (Lipinski definition) is 0. The Morgan fingerprint density at radius 2 is 1.50 bits per heavy atom. The number of methoxy groups -OCH3 is 1. The SMILES string of the molecule is COC(=O)C(C(C)C)(C(C)(C)C)C(F)(F)F. The van der Waals surface area contributed by atoms with Crippen LogP contribution in [-0.4, -0.2) is 19.3 Å². The third-order valence-electron chi connectivity index (χ3n) is 3.00. The maximum Gasteiger partial charge on any atom is 0.405 e. The van der Waals surface area contributed by atoms with Gasteiger partial charge in [0.2, 0.25) is 0 Å². The molecule has 0 radical (unpaired) electrons. The highest BCUT2D eigenvalue weighted by atomic mass is 19.4. The second kappa shape index (κ2) is 4.26. The highest BCUT2D eigenvalue weighted by Gasteiger charge is 2.68. The summed E-state index contributed by atoms with van der Waals surface area (Å²) in [6, 6.07) is 0. The van der Waals surface area contributed by atoms with Crippen LogP contribution in [0.4, 0.5) is 13.2 Å². The molecule has 0 spiro atoms. The van der Waals surface area contributed by atoms with Crippen LogP contribution in [0.1, 0.15) is 34.6 Å². The van der Waals surface area contributed by atoms with Gasteiger partial charge in [0.05, 0.1) is 7.11 Å². The third-order valence-corrected chi connectivity index (χ3v) is 3.00. The van der Waals surface area contributed by atoms with Crippen molar-refractivity contribution >= 4 is 5.97 Å². The zero-order valence-corrected chi connectivity index (χ0v) is 10.5. The molecule has 0 aliphatic heterocycles. The number of alkyl halides is 3. The van der Waals surface area contributed by atoms with E-state index in [-0.39, 0.29) is 0 Å². The summed E-state index contributed by atoms with van der Waals surface area (Å²) < 4.78 is 44.1. The second-order valence-corrected chi connectivity index (χ2v) is 5.20. The van der Waals surface area contributed by atoms with Crippen molar-refractivity contribution in [3.63, 3.8) is 0 Å². The van der Waals surface area contributed by atoms with Crippen LogP contribution < -0.4 is 0 Å². The fraction of sp³-hybridized carbons (Fsp3) is 0.909. The van der Waals surface area contributed by atoms with Gasteiger partial charge in [-0.15, -0.1) is 0 Å². The Morgan fingerprint density at radius 1 is 1.12 bits per heavy atom. The molecule has 0 aliphatic rings. The second-order valence-electron chi connectivity index (χ2n) is 5.20. The van der Waals surface area contributed by atoms with Gasteiger partial charge in [-0.25, -0.2) is 0 Å². The molecule has 0 aromatic heterocycles. The Morgan fingerprint density at radius 3 is 1.56 bits per heavy atom. The summed E-state index contributed by atoms with van der Waals surface area (Å²) in [6.45, 7) is 6.97. The third kappa shape index (κ3) is 2.04. The number of carbonyl (C=O) groups is 1. The Kier molecular flexibility index (Phi) is 4.06. The fourth-order valence-corrected chi connectivity index (χ4v) is 2.44. The Hall–Kier alpha value is -0.740. The Bertz CT molecular complexity index is 247. The molecular weight excluding hydrogens is 221 g/mol. The first-order valence-electron chi connectivity index (χ1n) is 5.08. The minimum Gasteiger partial charge on any atom is -0.468 e. The minimum atomic E-state index is -4.63. The van der Waals surface area contributed by atoms with E-state index in [2.05, 4.69) is 4.74 Å². The predicted octanol–water partition coefficient (Wildman–Crippen LogP) is 3.41. The van der Waals surface area contributed by atoms with E-state index in [0.29, 0.717) is 0 Å². The largest absolute Gasteiger partial charge is 0.468 e. The minimum absolute atomic E-state index is 0.889. The van der Waals surface area contributed by atoms with Gasteiger partial charge in [-0.2, -0.15) is 13.2 Å². The predicted molar refractivity (Wildman–Crippen MR) is 54.8 cm³/mol. The van der Waals surface area contributed by atoms with Gasteiger partial charge >= 0.3 is 12.1 Å². The summed E-state index contributed by atoms with van der Waals surface area (Å²) in [5.41, 5.74) is -3.73. The first-order chi connectivity index (χ1) is 6.92. The van der Waals surface area contributed by atoms with Crippen LogP contribution in [0.25, 0.3) is 0 Å². The monoisotopic (exact) mass is 240 g/mol. The van der Waals surface area contributed by atoms with E-state index < -0.39 is 28.9 Å². The Labute approximate surface area is 94.2 Å². The number of carbonyl (C=O) groups excluding carboxylic acids is 1. The lowest BCUT2D eigenvalue weighted by Crippen LogP contribution is -2.57. The van der Waals surface area contributed by atoms with Gasteiger partial charge in [0.25, 0.3) is 0 Å².